The lowest BCUT2D eigenvalue weighted by molar-refractivity contribution is -0.124. The second kappa shape index (κ2) is 9.44. The van der Waals surface area contributed by atoms with Crippen molar-refractivity contribution in [3.63, 3.8) is 0 Å². The molecule has 0 aliphatic heterocycles. The van der Waals surface area contributed by atoms with E-state index >= 15 is 0 Å². The molecule has 0 aliphatic rings. The van der Waals surface area contributed by atoms with Crippen molar-refractivity contribution >= 4 is 35.1 Å². The van der Waals surface area contributed by atoms with Crippen LogP contribution in [0.15, 0.2) is 48.5 Å². The van der Waals surface area contributed by atoms with Crippen molar-refractivity contribution in [2.75, 3.05) is 6.61 Å². The van der Waals surface area contributed by atoms with E-state index in [0.717, 1.165) is 12.8 Å². The van der Waals surface area contributed by atoms with Crippen LogP contribution in [0, 0.1) is 0 Å². The standard InChI is InChI=1S/C19H19Cl2NO3/c1-13(7-8-14-5-3-2-4-6-14)22-18(23)12-25-19(24)16-11-15(20)9-10-17(16)21/h2-6,9-11,13H,7-8,12H2,1H3,(H,22,23). The van der Waals surface area contributed by atoms with Crippen molar-refractivity contribution < 1.29 is 14.3 Å². The van der Waals surface area contributed by atoms with Gasteiger partial charge in [-0.2, -0.15) is 0 Å². The Kier molecular flexibility index (Phi) is 7.29. The molecule has 4 nitrogen and oxygen atoms in total. The van der Waals surface area contributed by atoms with Crippen molar-refractivity contribution in [3.8, 4) is 0 Å². The van der Waals surface area contributed by atoms with Crippen molar-refractivity contribution in [3.05, 3.63) is 69.7 Å². The fraction of sp³-hybridized carbons (Fsp3) is 0.263. The second-order valence-electron chi connectivity index (χ2n) is 5.69. The summed E-state index contributed by atoms with van der Waals surface area (Å²) in [5, 5.41) is 3.41. The number of ether oxygens (including phenoxy) is 1. The molecule has 0 spiro atoms. The summed E-state index contributed by atoms with van der Waals surface area (Å²) in [5.74, 6) is -1.04. The summed E-state index contributed by atoms with van der Waals surface area (Å²) in [4.78, 5) is 23.9. The van der Waals surface area contributed by atoms with E-state index in [9.17, 15) is 9.59 Å². The molecule has 25 heavy (non-hydrogen) atoms. The van der Waals surface area contributed by atoms with Crippen LogP contribution in [0.25, 0.3) is 0 Å². The number of carbonyl (C=O) groups excluding carboxylic acids is 2. The van der Waals surface area contributed by atoms with Gasteiger partial charge in [-0.1, -0.05) is 53.5 Å². The Morgan fingerprint density at radius 1 is 1.12 bits per heavy atom. The number of nitrogens with one attached hydrogen (secondary N) is 1. The molecule has 0 saturated heterocycles. The number of hydrogen-bond acceptors (Lipinski definition) is 3. The monoisotopic (exact) mass is 379 g/mol. The lowest BCUT2D eigenvalue weighted by Crippen LogP contribution is -2.36. The van der Waals surface area contributed by atoms with Crippen molar-refractivity contribution in [1.82, 2.24) is 5.32 Å². The Labute approximate surface area is 157 Å². The first kappa shape index (κ1) is 19.3. The van der Waals surface area contributed by atoms with E-state index in [0.29, 0.717) is 5.02 Å². The highest BCUT2D eigenvalue weighted by molar-refractivity contribution is 6.35. The minimum atomic E-state index is -0.681. The van der Waals surface area contributed by atoms with Gasteiger partial charge in [0.1, 0.15) is 0 Å². The summed E-state index contributed by atoms with van der Waals surface area (Å²) in [6.45, 7) is 1.55. The maximum absolute atomic E-state index is 12.0. The van der Waals surface area contributed by atoms with Crippen molar-refractivity contribution in [1.29, 1.82) is 0 Å². The quantitative estimate of drug-likeness (QED) is 0.730. The van der Waals surface area contributed by atoms with E-state index in [-0.39, 0.29) is 29.1 Å². The van der Waals surface area contributed by atoms with Crippen molar-refractivity contribution in [2.45, 2.75) is 25.8 Å². The fourth-order valence-corrected chi connectivity index (χ4v) is 2.65. The van der Waals surface area contributed by atoms with Gasteiger partial charge in [-0.25, -0.2) is 4.79 Å². The highest BCUT2D eigenvalue weighted by Gasteiger charge is 2.15. The van der Waals surface area contributed by atoms with Gasteiger partial charge in [0.2, 0.25) is 0 Å². The molecule has 1 N–H and O–H groups in total. The molecule has 0 heterocycles. The van der Waals surface area contributed by atoms with Crippen LogP contribution in [0.2, 0.25) is 10.0 Å². The number of hydrogen-bond donors (Lipinski definition) is 1. The summed E-state index contributed by atoms with van der Waals surface area (Å²) >= 11 is 11.8. The molecule has 0 saturated carbocycles. The number of benzene rings is 2. The zero-order valence-electron chi connectivity index (χ0n) is 13.8. The minimum Gasteiger partial charge on any atom is -0.452 e. The van der Waals surface area contributed by atoms with Gasteiger partial charge in [0, 0.05) is 11.1 Å². The van der Waals surface area contributed by atoms with E-state index < -0.39 is 5.97 Å². The predicted octanol–water partition coefficient (Wildman–Crippen LogP) is 4.29. The molecule has 6 heteroatoms. The van der Waals surface area contributed by atoms with E-state index in [1.54, 1.807) is 6.07 Å². The van der Waals surface area contributed by atoms with Crippen LogP contribution in [-0.2, 0) is 16.0 Å². The molecular weight excluding hydrogens is 361 g/mol. The molecule has 132 valence electrons. The molecule has 2 aromatic rings. The number of halogens is 2. The molecule has 1 amide bonds. The summed E-state index contributed by atoms with van der Waals surface area (Å²) in [6, 6.07) is 14.5. The van der Waals surface area contributed by atoms with Crippen LogP contribution in [-0.4, -0.2) is 24.5 Å². The van der Waals surface area contributed by atoms with Gasteiger partial charge in [0.25, 0.3) is 5.91 Å². The highest BCUT2D eigenvalue weighted by atomic mass is 35.5. The van der Waals surface area contributed by atoms with Gasteiger partial charge in [-0.3, -0.25) is 4.79 Å². The zero-order valence-corrected chi connectivity index (χ0v) is 15.3. The first-order valence-corrected chi connectivity index (χ1v) is 8.67. The Bertz CT molecular complexity index is 735. The van der Waals surface area contributed by atoms with Crippen LogP contribution in [0.1, 0.15) is 29.3 Å². The molecule has 1 unspecified atom stereocenters. The van der Waals surface area contributed by atoms with Gasteiger partial charge in [0.15, 0.2) is 6.61 Å². The normalized spacial score (nSPS) is 11.6. The molecule has 2 rings (SSSR count). The summed E-state index contributed by atoms with van der Waals surface area (Å²) in [6.07, 6.45) is 1.66. The molecule has 0 aliphatic carbocycles. The highest BCUT2D eigenvalue weighted by Crippen LogP contribution is 2.21. The summed E-state index contributed by atoms with van der Waals surface area (Å²) in [7, 11) is 0. The average molecular weight is 380 g/mol. The Hall–Kier alpha value is -2.04. The van der Waals surface area contributed by atoms with E-state index in [4.69, 9.17) is 27.9 Å². The maximum Gasteiger partial charge on any atom is 0.340 e. The number of amides is 1. The van der Waals surface area contributed by atoms with Gasteiger partial charge in [0.05, 0.1) is 10.6 Å². The van der Waals surface area contributed by atoms with Crippen LogP contribution >= 0.6 is 23.2 Å². The van der Waals surface area contributed by atoms with Crippen LogP contribution in [0.3, 0.4) is 0 Å². The first-order valence-electron chi connectivity index (χ1n) is 7.91. The Morgan fingerprint density at radius 2 is 1.84 bits per heavy atom. The molecule has 2 aromatic carbocycles. The smallest absolute Gasteiger partial charge is 0.340 e. The lowest BCUT2D eigenvalue weighted by atomic mass is 10.1. The third kappa shape index (κ3) is 6.40. The molecule has 0 fully saturated rings. The SMILES string of the molecule is CC(CCc1ccccc1)NC(=O)COC(=O)c1cc(Cl)ccc1Cl. The average Bonchev–Trinajstić information content (AvgIpc) is 2.61. The number of esters is 1. The Morgan fingerprint density at radius 3 is 2.56 bits per heavy atom. The topological polar surface area (TPSA) is 55.4 Å². The molecule has 0 aromatic heterocycles. The fourth-order valence-electron chi connectivity index (χ4n) is 2.28. The third-order valence-electron chi connectivity index (χ3n) is 3.60. The van der Waals surface area contributed by atoms with Crippen molar-refractivity contribution in [2.24, 2.45) is 0 Å². The molecule has 0 bridgehead atoms. The van der Waals surface area contributed by atoms with Gasteiger partial charge in [-0.15, -0.1) is 0 Å². The van der Waals surface area contributed by atoms with E-state index in [2.05, 4.69) is 5.32 Å². The van der Waals surface area contributed by atoms with E-state index in [1.165, 1.54) is 17.7 Å². The molecule has 1 atom stereocenters. The minimum absolute atomic E-state index is 0.0267. The summed E-state index contributed by atoms with van der Waals surface area (Å²) in [5.41, 5.74) is 1.35. The van der Waals surface area contributed by atoms with Crippen LogP contribution in [0.4, 0.5) is 0 Å². The zero-order chi connectivity index (χ0) is 18.2. The van der Waals surface area contributed by atoms with Gasteiger partial charge < -0.3 is 10.1 Å². The molecule has 0 radical (unpaired) electrons. The van der Waals surface area contributed by atoms with Crippen LogP contribution < -0.4 is 5.32 Å². The number of aryl methyl sites for hydroxylation is 1. The second-order valence-corrected chi connectivity index (χ2v) is 6.54. The first-order chi connectivity index (χ1) is 12.0. The van der Waals surface area contributed by atoms with E-state index in [1.807, 2.05) is 37.3 Å². The Balaban J connectivity index is 1.76. The van der Waals surface area contributed by atoms with Gasteiger partial charge in [-0.05, 0) is 43.5 Å². The third-order valence-corrected chi connectivity index (χ3v) is 4.16. The summed E-state index contributed by atoms with van der Waals surface area (Å²) < 4.78 is 5.00. The van der Waals surface area contributed by atoms with Gasteiger partial charge >= 0.3 is 5.97 Å². The predicted molar refractivity (Wildman–Crippen MR) is 99.1 cm³/mol. The number of rotatable bonds is 7. The maximum atomic E-state index is 12.0. The molecular formula is C19H19Cl2NO3. The lowest BCUT2D eigenvalue weighted by Gasteiger charge is -2.14. The largest absolute Gasteiger partial charge is 0.452 e. The number of carbonyl (C=O) groups is 2. The van der Waals surface area contributed by atoms with Crippen LogP contribution in [0.5, 0.6) is 0 Å².